The highest BCUT2D eigenvalue weighted by molar-refractivity contribution is 7.99. The summed E-state index contributed by atoms with van der Waals surface area (Å²) in [4.78, 5) is 26.7. The molecule has 3 N–H and O–H groups in total. The van der Waals surface area contributed by atoms with E-state index in [9.17, 15) is 9.59 Å². The summed E-state index contributed by atoms with van der Waals surface area (Å²) in [5.41, 5.74) is 6.31. The number of rotatable bonds is 6. The quantitative estimate of drug-likeness (QED) is 0.792. The summed E-state index contributed by atoms with van der Waals surface area (Å²) in [7, 11) is 0. The van der Waals surface area contributed by atoms with Crippen LogP contribution in [0.4, 0.5) is 0 Å². The Labute approximate surface area is 126 Å². The first kappa shape index (κ1) is 15.4. The van der Waals surface area contributed by atoms with Crippen molar-refractivity contribution in [1.29, 1.82) is 0 Å². The first-order valence-electron chi connectivity index (χ1n) is 6.41. The molecule has 1 aromatic heterocycles. The van der Waals surface area contributed by atoms with Crippen LogP contribution in [0.3, 0.4) is 0 Å². The molecule has 6 nitrogen and oxygen atoms in total. The van der Waals surface area contributed by atoms with Gasteiger partial charge in [0.05, 0.1) is 22.2 Å². The van der Waals surface area contributed by atoms with Gasteiger partial charge in [-0.15, -0.1) is 0 Å². The van der Waals surface area contributed by atoms with E-state index >= 15 is 0 Å². The van der Waals surface area contributed by atoms with Crippen LogP contribution >= 0.6 is 11.8 Å². The lowest BCUT2D eigenvalue weighted by atomic mass is 9.92. The van der Waals surface area contributed by atoms with Crippen molar-refractivity contribution in [1.82, 2.24) is 9.55 Å². The average Bonchev–Trinajstić information content (AvgIpc) is 2.74. The van der Waals surface area contributed by atoms with Gasteiger partial charge in [-0.3, -0.25) is 9.59 Å². The third-order valence-electron chi connectivity index (χ3n) is 3.16. The number of carboxylic acid groups (broad SMARTS) is 1. The lowest BCUT2D eigenvalue weighted by Gasteiger charge is -2.22. The molecule has 2 rings (SSSR count). The Morgan fingerprint density at radius 2 is 2.05 bits per heavy atom. The van der Waals surface area contributed by atoms with E-state index in [0.717, 1.165) is 22.8 Å². The largest absolute Gasteiger partial charge is 0.481 e. The van der Waals surface area contributed by atoms with Crippen LogP contribution in [-0.4, -0.2) is 32.3 Å². The lowest BCUT2D eigenvalue weighted by Crippen LogP contribution is -2.35. The summed E-state index contributed by atoms with van der Waals surface area (Å²) in [5.74, 6) is -1.40. The average molecular weight is 307 g/mol. The number of benzene rings is 1. The number of nitrogens with zero attached hydrogens (tertiary/aromatic N) is 2. The Morgan fingerprint density at radius 3 is 2.67 bits per heavy atom. The number of hydrogen-bond acceptors (Lipinski definition) is 4. The fraction of sp³-hybridized carbons (Fsp3) is 0.357. The second-order valence-corrected chi connectivity index (χ2v) is 6.34. The number of thioether (sulfide) groups is 1. The number of fused-ring (bicyclic) bond motifs is 1. The van der Waals surface area contributed by atoms with Gasteiger partial charge in [-0.05, 0) is 26.0 Å². The predicted molar refractivity (Wildman–Crippen MR) is 81.1 cm³/mol. The summed E-state index contributed by atoms with van der Waals surface area (Å²) < 4.78 is 1.85. The molecule has 1 heterocycles. The summed E-state index contributed by atoms with van der Waals surface area (Å²) in [6.45, 7) is 3.87. The molecule has 7 heteroatoms. The molecule has 2 aromatic rings. The third kappa shape index (κ3) is 3.36. The number of carbonyl (C=O) groups excluding carboxylic acids is 1. The number of primary amides is 1. The SMILES string of the molecule is CC(C)(Cn1c(SCC(=O)O)nc2ccccc21)C(N)=O. The normalized spacial score (nSPS) is 11.7. The van der Waals surface area contributed by atoms with Crippen molar-refractivity contribution in [3.05, 3.63) is 24.3 Å². The van der Waals surface area contributed by atoms with Crippen LogP contribution in [0.1, 0.15) is 13.8 Å². The van der Waals surface area contributed by atoms with E-state index in [1.165, 1.54) is 0 Å². The first-order chi connectivity index (χ1) is 9.81. The minimum Gasteiger partial charge on any atom is -0.481 e. The van der Waals surface area contributed by atoms with Crippen LogP contribution in [-0.2, 0) is 16.1 Å². The number of amides is 1. The zero-order valence-electron chi connectivity index (χ0n) is 11.9. The monoisotopic (exact) mass is 307 g/mol. The molecule has 0 saturated heterocycles. The first-order valence-corrected chi connectivity index (χ1v) is 7.39. The predicted octanol–water partition coefficient (Wildman–Crippen LogP) is 1.72. The van der Waals surface area contributed by atoms with Gasteiger partial charge in [-0.2, -0.15) is 0 Å². The van der Waals surface area contributed by atoms with Gasteiger partial charge < -0.3 is 15.4 Å². The number of aromatic nitrogens is 2. The molecular weight excluding hydrogens is 290 g/mol. The van der Waals surface area contributed by atoms with Crippen molar-refractivity contribution in [2.45, 2.75) is 25.5 Å². The van der Waals surface area contributed by atoms with Gasteiger partial charge in [-0.1, -0.05) is 23.9 Å². The maximum atomic E-state index is 11.5. The van der Waals surface area contributed by atoms with E-state index in [1.54, 1.807) is 13.8 Å². The molecular formula is C14H17N3O3S. The minimum absolute atomic E-state index is 0.0830. The standard InChI is InChI=1S/C14H17N3O3S/c1-14(2,12(15)20)8-17-10-6-4-3-5-9(10)16-13(17)21-7-11(18)19/h3-6H,7-8H2,1-2H3,(H2,15,20)(H,18,19). The minimum atomic E-state index is -0.909. The fourth-order valence-corrected chi connectivity index (χ4v) is 2.65. The van der Waals surface area contributed by atoms with E-state index in [2.05, 4.69) is 4.98 Å². The molecule has 0 aliphatic carbocycles. The lowest BCUT2D eigenvalue weighted by molar-refractivity contribution is -0.134. The fourth-order valence-electron chi connectivity index (χ4n) is 1.92. The molecule has 0 radical (unpaired) electrons. The van der Waals surface area contributed by atoms with Crippen LogP contribution < -0.4 is 5.73 Å². The van der Waals surface area contributed by atoms with Gasteiger partial charge in [0.2, 0.25) is 5.91 Å². The van der Waals surface area contributed by atoms with Crippen molar-refractivity contribution in [3.63, 3.8) is 0 Å². The van der Waals surface area contributed by atoms with E-state index in [1.807, 2.05) is 28.8 Å². The number of nitrogens with two attached hydrogens (primary N) is 1. The summed E-state index contributed by atoms with van der Waals surface area (Å²) in [6.07, 6.45) is 0. The van der Waals surface area contributed by atoms with Crippen LogP contribution in [0.15, 0.2) is 29.4 Å². The Bertz CT molecular complexity index is 694. The number of aliphatic carboxylic acids is 1. The number of carboxylic acids is 1. The maximum Gasteiger partial charge on any atom is 0.313 e. The zero-order valence-corrected chi connectivity index (χ0v) is 12.7. The van der Waals surface area contributed by atoms with Crippen LogP contribution in [0, 0.1) is 5.41 Å². The zero-order chi connectivity index (χ0) is 15.6. The Morgan fingerprint density at radius 1 is 1.38 bits per heavy atom. The van der Waals surface area contributed by atoms with E-state index in [0.29, 0.717) is 11.7 Å². The van der Waals surface area contributed by atoms with Crippen LogP contribution in [0.25, 0.3) is 11.0 Å². The smallest absolute Gasteiger partial charge is 0.313 e. The third-order valence-corrected chi connectivity index (χ3v) is 4.13. The topological polar surface area (TPSA) is 98.2 Å². The van der Waals surface area contributed by atoms with Gasteiger partial charge in [0.15, 0.2) is 5.16 Å². The molecule has 1 amide bonds. The molecule has 0 saturated carbocycles. The number of para-hydroxylation sites is 2. The molecule has 21 heavy (non-hydrogen) atoms. The Balaban J connectivity index is 2.45. The van der Waals surface area contributed by atoms with Gasteiger partial charge in [0.1, 0.15) is 0 Å². The van der Waals surface area contributed by atoms with Crippen LogP contribution in [0.5, 0.6) is 0 Å². The Kier molecular flexibility index (Phi) is 4.22. The summed E-state index contributed by atoms with van der Waals surface area (Å²) in [5, 5.41) is 9.41. The molecule has 1 aromatic carbocycles. The number of hydrogen-bond donors (Lipinski definition) is 2. The summed E-state index contributed by atoms with van der Waals surface area (Å²) in [6, 6.07) is 7.49. The second-order valence-electron chi connectivity index (χ2n) is 5.40. The van der Waals surface area contributed by atoms with Gasteiger partial charge in [-0.25, -0.2) is 4.98 Å². The molecule has 0 fully saturated rings. The van der Waals surface area contributed by atoms with E-state index < -0.39 is 17.3 Å². The van der Waals surface area contributed by atoms with Crippen molar-refractivity contribution in [2.75, 3.05) is 5.75 Å². The van der Waals surface area contributed by atoms with E-state index in [-0.39, 0.29) is 5.75 Å². The van der Waals surface area contributed by atoms with Crippen molar-refractivity contribution in [2.24, 2.45) is 11.1 Å². The van der Waals surface area contributed by atoms with Crippen molar-refractivity contribution in [3.8, 4) is 0 Å². The number of imidazole rings is 1. The maximum absolute atomic E-state index is 11.5. The number of carbonyl (C=O) groups is 2. The van der Waals surface area contributed by atoms with Crippen molar-refractivity contribution >= 4 is 34.7 Å². The summed E-state index contributed by atoms with van der Waals surface area (Å²) >= 11 is 1.13. The molecule has 0 unspecified atom stereocenters. The highest BCUT2D eigenvalue weighted by Gasteiger charge is 2.27. The second kappa shape index (κ2) is 5.77. The van der Waals surface area contributed by atoms with Crippen molar-refractivity contribution < 1.29 is 14.7 Å². The van der Waals surface area contributed by atoms with Gasteiger partial charge in [0, 0.05) is 6.54 Å². The highest BCUT2D eigenvalue weighted by Crippen LogP contribution is 2.28. The molecule has 112 valence electrons. The molecule has 0 atom stereocenters. The Hall–Kier alpha value is -2.02. The molecule has 0 aliphatic heterocycles. The van der Waals surface area contributed by atoms with Crippen LogP contribution in [0.2, 0.25) is 0 Å². The van der Waals surface area contributed by atoms with E-state index in [4.69, 9.17) is 10.8 Å². The van der Waals surface area contributed by atoms with Gasteiger partial charge >= 0.3 is 5.97 Å². The molecule has 0 aliphatic rings. The molecule has 0 bridgehead atoms. The highest BCUT2D eigenvalue weighted by atomic mass is 32.2. The molecule has 0 spiro atoms. The van der Waals surface area contributed by atoms with Gasteiger partial charge in [0.25, 0.3) is 0 Å².